The molecule has 0 aliphatic heterocycles. The molecule has 90 valence electrons. The SMILES string of the molecule is N#Cc1cnc(SCc2ccccc2F)nc1N. The number of halogens is 1. The number of aromatic nitrogens is 2. The Morgan fingerprint density at radius 2 is 2.17 bits per heavy atom. The molecule has 2 rings (SSSR count). The van der Waals surface area contributed by atoms with Crippen LogP contribution >= 0.6 is 11.8 Å². The van der Waals surface area contributed by atoms with E-state index >= 15 is 0 Å². The van der Waals surface area contributed by atoms with Crippen LogP contribution in [0.25, 0.3) is 0 Å². The summed E-state index contributed by atoms with van der Waals surface area (Å²) in [6, 6.07) is 8.41. The van der Waals surface area contributed by atoms with Gasteiger partial charge in [-0.3, -0.25) is 0 Å². The number of thioether (sulfide) groups is 1. The van der Waals surface area contributed by atoms with Crippen molar-refractivity contribution in [2.24, 2.45) is 0 Å². The monoisotopic (exact) mass is 260 g/mol. The molecule has 4 nitrogen and oxygen atoms in total. The molecule has 1 heterocycles. The zero-order valence-electron chi connectivity index (χ0n) is 9.30. The number of benzene rings is 1. The van der Waals surface area contributed by atoms with E-state index in [0.29, 0.717) is 16.5 Å². The van der Waals surface area contributed by atoms with Gasteiger partial charge in [0, 0.05) is 5.75 Å². The van der Waals surface area contributed by atoms with E-state index < -0.39 is 0 Å². The van der Waals surface area contributed by atoms with Crippen molar-refractivity contribution in [2.75, 3.05) is 5.73 Å². The minimum Gasteiger partial charge on any atom is -0.382 e. The fraction of sp³-hybridized carbons (Fsp3) is 0.0833. The van der Waals surface area contributed by atoms with Gasteiger partial charge in [0.2, 0.25) is 0 Å². The van der Waals surface area contributed by atoms with Crippen LogP contribution in [0.15, 0.2) is 35.6 Å². The van der Waals surface area contributed by atoms with Crippen LogP contribution in [0.5, 0.6) is 0 Å². The van der Waals surface area contributed by atoms with Crippen molar-refractivity contribution in [2.45, 2.75) is 10.9 Å². The van der Waals surface area contributed by atoms with Gasteiger partial charge in [0.05, 0.1) is 6.20 Å². The van der Waals surface area contributed by atoms with E-state index in [1.165, 1.54) is 24.0 Å². The molecule has 0 radical (unpaired) electrons. The molecule has 2 N–H and O–H groups in total. The average Bonchev–Trinajstić information content (AvgIpc) is 2.38. The normalized spacial score (nSPS) is 10.0. The Balaban J connectivity index is 2.10. The number of anilines is 1. The predicted octanol–water partition coefficient (Wildman–Crippen LogP) is 2.36. The van der Waals surface area contributed by atoms with E-state index in [4.69, 9.17) is 11.0 Å². The van der Waals surface area contributed by atoms with Crippen LogP contribution in [0.1, 0.15) is 11.1 Å². The molecule has 0 amide bonds. The third-order valence-corrected chi connectivity index (χ3v) is 3.14. The maximum atomic E-state index is 13.4. The van der Waals surface area contributed by atoms with E-state index in [9.17, 15) is 4.39 Å². The Hall–Kier alpha value is -2.13. The van der Waals surface area contributed by atoms with E-state index in [1.54, 1.807) is 18.2 Å². The summed E-state index contributed by atoms with van der Waals surface area (Å²) in [7, 11) is 0. The molecule has 1 aromatic carbocycles. The summed E-state index contributed by atoms with van der Waals surface area (Å²) in [6.45, 7) is 0. The van der Waals surface area contributed by atoms with Crippen LogP contribution < -0.4 is 5.73 Å². The van der Waals surface area contributed by atoms with Crippen molar-refractivity contribution in [1.82, 2.24) is 9.97 Å². The van der Waals surface area contributed by atoms with Crippen LogP contribution in [-0.4, -0.2) is 9.97 Å². The second-order valence-corrected chi connectivity index (χ2v) is 4.39. The highest BCUT2D eigenvalue weighted by Gasteiger charge is 2.06. The van der Waals surface area contributed by atoms with Gasteiger partial charge in [0.25, 0.3) is 0 Å². The molecular formula is C12H9FN4S. The first-order valence-electron chi connectivity index (χ1n) is 5.09. The van der Waals surface area contributed by atoms with Crippen LogP contribution in [0.3, 0.4) is 0 Å². The summed E-state index contributed by atoms with van der Waals surface area (Å²) in [4.78, 5) is 7.96. The molecule has 0 aliphatic carbocycles. The minimum absolute atomic E-state index is 0.142. The number of nitrogens with two attached hydrogens (primary N) is 1. The Kier molecular flexibility index (Phi) is 3.75. The molecule has 0 fully saturated rings. The number of nitrogen functional groups attached to an aromatic ring is 1. The zero-order chi connectivity index (χ0) is 13.0. The van der Waals surface area contributed by atoms with Crippen molar-refractivity contribution >= 4 is 17.6 Å². The van der Waals surface area contributed by atoms with Crippen LogP contribution in [-0.2, 0) is 5.75 Å². The smallest absolute Gasteiger partial charge is 0.189 e. The fourth-order valence-corrected chi connectivity index (χ4v) is 2.10. The minimum atomic E-state index is -0.258. The number of nitrogens with zero attached hydrogens (tertiary/aromatic N) is 3. The maximum Gasteiger partial charge on any atom is 0.189 e. The fourth-order valence-electron chi connectivity index (χ4n) is 1.29. The second-order valence-electron chi connectivity index (χ2n) is 3.44. The van der Waals surface area contributed by atoms with Crippen LogP contribution in [0, 0.1) is 17.1 Å². The molecule has 0 bridgehead atoms. The first kappa shape index (κ1) is 12.3. The first-order valence-corrected chi connectivity index (χ1v) is 6.08. The quantitative estimate of drug-likeness (QED) is 0.677. The lowest BCUT2D eigenvalue weighted by Gasteiger charge is -2.03. The highest BCUT2D eigenvalue weighted by Crippen LogP contribution is 2.22. The van der Waals surface area contributed by atoms with Gasteiger partial charge < -0.3 is 5.73 Å². The molecule has 18 heavy (non-hydrogen) atoms. The van der Waals surface area contributed by atoms with Crippen LogP contribution in [0.2, 0.25) is 0 Å². The Bertz CT molecular complexity index is 609. The summed E-state index contributed by atoms with van der Waals surface area (Å²) in [6.07, 6.45) is 1.37. The third kappa shape index (κ3) is 2.76. The molecule has 0 aliphatic rings. The molecule has 0 spiro atoms. The van der Waals surface area contributed by atoms with Gasteiger partial charge in [-0.1, -0.05) is 30.0 Å². The van der Waals surface area contributed by atoms with Gasteiger partial charge in [-0.05, 0) is 11.6 Å². The van der Waals surface area contributed by atoms with Crippen molar-refractivity contribution in [3.05, 3.63) is 47.4 Å². The molecule has 6 heteroatoms. The number of hydrogen-bond donors (Lipinski definition) is 1. The van der Waals surface area contributed by atoms with Gasteiger partial charge in [-0.2, -0.15) is 5.26 Å². The lowest BCUT2D eigenvalue weighted by Crippen LogP contribution is -1.98. The highest BCUT2D eigenvalue weighted by molar-refractivity contribution is 7.98. The van der Waals surface area contributed by atoms with Crippen molar-refractivity contribution in [3.8, 4) is 6.07 Å². The van der Waals surface area contributed by atoms with Gasteiger partial charge in [-0.25, -0.2) is 14.4 Å². The summed E-state index contributed by atoms with van der Waals surface area (Å²) >= 11 is 1.27. The topological polar surface area (TPSA) is 75.6 Å². The van der Waals surface area contributed by atoms with Crippen molar-refractivity contribution in [1.29, 1.82) is 5.26 Å². The van der Waals surface area contributed by atoms with Crippen molar-refractivity contribution in [3.63, 3.8) is 0 Å². The highest BCUT2D eigenvalue weighted by atomic mass is 32.2. The standard InChI is InChI=1S/C12H9FN4S/c13-10-4-2-1-3-8(10)7-18-12-16-6-9(5-14)11(15)17-12/h1-4,6H,7H2,(H2,15,16,17). The molecule has 2 aromatic rings. The summed E-state index contributed by atoms with van der Waals surface area (Å²) in [5.41, 5.74) is 6.39. The molecule has 0 unspecified atom stereocenters. The van der Waals surface area contributed by atoms with E-state index in [1.807, 2.05) is 6.07 Å². The lowest BCUT2D eigenvalue weighted by atomic mass is 10.2. The first-order chi connectivity index (χ1) is 8.70. The van der Waals surface area contributed by atoms with Crippen molar-refractivity contribution < 1.29 is 4.39 Å². The largest absolute Gasteiger partial charge is 0.382 e. The third-order valence-electron chi connectivity index (χ3n) is 2.23. The Morgan fingerprint density at radius 3 is 2.83 bits per heavy atom. The number of rotatable bonds is 3. The predicted molar refractivity (Wildman–Crippen MR) is 67.1 cm³/mol. The van der Waals surface area contributed by atoms with Crippen LogP contribution in [0.4, 0.5) is 10.2 Å². The molecule has 1 aromatic heterocycles. The second kappa shape index (κ2) is 5.47. The summed E-state index contributed by atoms with van der Waals surface area (Å²) in [5, 5.41) is 9.11. The van der Waals surface area contributed by atoms with Gasteiger partial charge in [-0.15, -0.1) is 0 Å². The molecule has 0 saturated carbocycles. The average molecular weight is 260 g/mol. The zero-order valence-corrected chi connectivity index (χ0v) is 10.1. The summed E-state index contributed by atoms with van der Waals surface area (Å²) < 4.78 is 13.4. The Morgan fingerprint density at radius 1 is 1.39 bits per heavy atom. The number of hydrogen-bond acceptors (Lipinski definition) is 5. The molecule has 0 atom stereocenters. The van der Waals surface area contributed by atoms with E-state index in [0.717, 1.165) is 0 Å². The maximum absolute atomic E-state index is 13.4. The molecular weight excluding hydrogens is 251 g/mol. The van der Waals surface area contributed by atoms with Gasteiger partial charge >= 0.3 is 0 Å². The van der Waals surface area contributed by atoms with E-state index in [2.05, 4.69) is 9.97 Å². The molecule has 0 saturated heterocycles. The van der Waals surface area contributed by atoms with Gasteiger partial charge in [0.15, 0.2) is 5.16 Å². The lowest BCUT2D eigenvalue weighted by molar-refractivity contribution is 0.617. The van der Waals surface area contributed by atoms with E-state index in [-0.39, 0.29) is 17.2 Å². The summed E-state index contributed by atoms with van der Waals surface area (Å²) in [5.74, 6) is 0.299. The Labute approximate surface area is 108 Å². The number of nitriles is 1. The van der Waals surface area contributed by atoms with Gasteiger partial charge in [0.1, 0.15) is 23.3 Å².